The topological polar surface area (TPSA) is 12.9 Å². The number of hydrogen-bond donors (Lipinski definition) is 0. The molecule has 0 aliphatic heterocycles. The zero-order valence-electron chi connectivity index (χ0n) is 6.89. The number of rotatable bonds is 0. The van der Waals surface area contributed by atoms with E-state index in [-0.39, 0.29) is 0 Å². The van der Waals surface area contributed by atoms with Crippen LogP contribution in [-0.4, -0.2) is 4.98 Å². The molecule has 0 aliphatic rings. The van der Waals surface area contributed by atoms with Crippen molar-refractivity contribution in [3.8, 4) is 11.8 Å². The molecule has 0 saturated carbocycles. The third kappa shape index (κ3) is 2.43. The molecule has 1 heteroatoms. The minimum Gasteiger partial charge on any atom is -0.248 e. The van der Waals surface area contributed by atoms with Gasteiger partial charge < -0.3 is 0 Å². The van der Waals surface area contributed by atoms with Crippen LogP contribution in [0.1, 0.15) is 24.6 Å². The summed E-state index contributed by atoms with van der Waals surface area (Å²) in [5.74, 6) is 5.93. The molecular weight excluding hydrogens is 134 g/mol. The lowest BCUT2D eigenvalue weighted by atomic mass is 10.3. The van der Waals surface area contributed by atoms with Gasteiger partial charge in [0.25, 0.3) is 0 Å². The molecule has 1 nitrogen and oxygen atoms in total. The Hall–Kier alpha value is -1.29. The maximum atomic E-state index is 4.14. The molecular formula is C10H11N. The van der Waals surface area contributed by atoms with Crippen molar-refractivity contribution in [1.82, 2.24) is 4.98 Å². The zero-order valence-corrected chi connectivity index (χ0v) is 6.89. The molecule has 0 unspecified atom stereocenters. The second-order valence-electron chi connectivity index (χ2n) is 2.38. The van der Waals surface area contributed by atoms with Crippen molar-refractivity contribution in [3.05, 3.63) is 29.6 Å². The van der Waals surface area contributed by atoms with E-state index in [1.54, 1.807) is 0 Å². The van der Waals surface area contributed by atoms with E-state index in [0.29, 0.717) is 0 Å². The molecule has 0 aliphatic carbocycles. The Labute approximate surface area is 67.5 Å². The van der Waals surface area contributed by atoms with Gasteiger partial charge in [-0.15, -0.1) is 0 Å². The highest BCUT2D eigenvalue weighted by atomic mass is 14.7. The molecule has 1 aromatic heterocycles. The smallest absolute Gasteiger partial charge is 0.113 e. The quantitative estimate of drug-likeness (QED) is 0.510. The molecule has 0 atom stereocenters. The van der Waals surface area contributed by atoms with Crippen molar-refractivity contribution >= 4 is 0 Å². The first-order chi connectivity index (χ1) is 5.33. The van der Waals surface area contributed by atoms with Gasteiger partial charge in [-0.2, -0.15) is 0 Å². The highest BCUT2D eigenvalue weighted by molar-refractivity contribution is 5.28. The van der Waals surface area contributed by atoms with Gasteiger partial charge in [-0.1, -0.05) is 18.9 Å². The SMILES string of the molecule is CCC#Cc1ccc(C)cn1. The van der Waals surface area contributed by atoms with Crippen LogP contribution in [0.25, 0.3) is 0 Å². The summed E-state index contributed by atoms with van der Waals surface area (Å²) in [7, 11) is 0. The average molecular weight is 145 g/mol. The van der Waals surface area contributed by atoms with Gasteiger partial charge in [0.2, 0.25) is 0 Å². The van der Waals surface area contributed by atoms with E-state index in [4.69, 9.17) is 0 Å². The Balaban J connectivity index is 2.82. The third-order valence-electron chi connectivity index (χ3n) is 1.30. The maximum absolute atomic E-state index is 4.14. The first kappa shape index (κ1) is 7.81. The van der Waals surface area contributed by atoms with Crippen LogP contribution in [0.2, 0.25) is 0 Å². The Kier molecular flexibility index (Phi) is 2.68. The van der Waals surface area contributed by atoms with Crippen LogP contribution in [0, 0.1) is 18.8 Å². The van der Waals surface area contributed by atoms with Gasteiger partial charge in [0.15, 0.2) is 0 Å². The highest BCUT2D eigenvalue weighted by Crippen LogP contribution is 1.95. The molecule has 1 aromatic rings. The number of hydrogen-bond acceptors (Lipinski definition) is 1. The van der Waals surface area contributed by atoms with Crippen molar-refractivity contribution in [2.75, 3.05) is 0 Å². The molecule has 11 heavy (non-hydrogen) atoms. The van der Waals surface area contributed by atoms with Gasteiger partial charge in [-0.25, -0.2) is 4.98 Å². The summed E-state index contributed by atoms with van der Waals surface area (Å²) in [6.45, 7) is 4.05. The van der Waals surface area contributed by atoms with Gasteiger partial charge in [0, 0.05) is 12.6 Å². The molecule has 0 saturated heterocycles. The van der Waals surface area contributed by atoms with Crippen molar-refractivity contribution in [2.45, 2.75) is 20.3 Å². The molecule has 0 radical (unpaired) electrons. The van der Waals surface area contributed by atoms with E-state index < -0.39 is 0 Å². The van der Waals surface area contributed by atoms with Crippen molar-refractivity contribution in [1.29, 1.82) is 0 Å². The molecule has 0 aromatic carbocycles. The van der Waals surface area contributed by atoms with E-state index in [2.05, 4.69) is 16.8 Å². The highest BCUT2D eigenvalue weighted by Gasteiger charge is 1.85. The fourth-order valence-electron chi connectivity index (χ4n) is 0.721. The standard InChI is InChI=1S/C10H11N/c1-3-4-5-10-7-6-9(2)8-11-10/h6-8H,3H2,1-2H3. The van der Waals surface area contributed by atoms with E-state index >= 15 is 0 Å². The Morgan fingerprint density at radius 2 is 2.27 bits per heavy atom. The summed E-state index contributed by atoms with van der Waals surface area (Å²) >= 11 is 0. The lowest BCUT2D eigenvalue weighted by molar-refractivity contribution is 1.23. The second kappa shape index (κ2) is 3.78. The van der Waals surface area contributed by atoms with Gasteiger partial charge in [-0.3, -0.25) is 0 Å². The van der Waals surface area contributed by atoms with E-state index in [0.717, 1.165) is 12.1 Å². The van der Waals surface area contributed by atoms with Gasteiger partial charge in [0.1, 0.15) is 5.69 Å². The minimum absolute atomic E-state index is 0.859. The molecule has 0 fully saturated rings. The lowest BCUT2D eigenvalue weighted by Gasteiger charge is -1.89. The second-order valence-corrected chi connectivity index (χ2v) is 2.38. The summed E-state index contributed by atoms with van der Waals surface area (Å²) in [5, 5.41) is 0. The average Bonchev–Trinajstić information content (AvgIpc) is 2.04. The summed E-state index contributed by atoms with van der Waals surface area (Å²) in [6.07, 6.45) is 2.72. The lowest BCUT2D eigenvalue weighted by Crippen LogP contribution is -1.81. The Morgan fingerprint density at radius 1 is 1.45 bits per heavy atom. The van der Waals surface area contributed by atoms with E-state index in [1.807, 2.05) is 32.2 Å². The number of nitrogens with zero attached hydrogens (tertiary/aromatic N) is 1. The van der Waals surface area contributed by atoms with Crippen LogP contribution in [-0.2, 0) is 0 Å². The van der Waals surface area contributed by atoms with Crippen molar-refractivity contribution in [2.24, 2.45) is 0 Å². The van der Waals surface area contributed by atoms with Gasteiger partial charge in [-0.05, 0) is 24.5 Å². The molecule has 56 valence electrons. The molecule has 0 bridgehead atoms. The molecule has 0 amide bonds. The van der Waals surface area contributed by atoms with Crippen LogP contribution in [0.5, 0.6) is 0 Å². The Bertz CT molecular complexity index is 274. The number of aromatic nitrogens is 1. The predicted octanol–water partition coefficient (Wildman–Crippen LogP) is 2.15. The third-order valence-corrected chi connectivity index (χ3v) is 1.30. The number of aryl methyl sites for hydroxylation is 1. The summed E-state index contributed by atoms with van der Waals surface area (Å²) in [5.41, 5.74) is 2.03. The van der Waals surface area contributed by atoms with Crippen LogP contribution >= 0.6 is 0 Å². The maximum Gasteiger partial charge on any atom is 0.113 e. The van der Waals surface area contributed by atoms with Crippen LogP contribution in [0.4, 0.5) is 0 Å². The van der Waals surface area contributed by atoms with Gasteiger partial charge >= 0.3 is 0 Å². The first-order valence-corrected chi connectivity index (χ1v) is 3.74. The first-order valence-electron chi connectivity index (χ1n) is 3.74. The molecule has 1 heterocycles. The van der Waals surface area contributed by atoms with Crippen LogP contribution in [0.3, 0.4) is 0 Å². The minimum atomic E-state index is 0.859. The fraction of sp³-hybridized carbons (Fsp3) is 0.300. The summed E-state index contributed by atoms with van der Waals surface area (Å²) < 4.78 is 0. The van der Waals surface area contributed by atoms with Crippen molar-refractivity contribution < 1.29 is 0 Å². The van der Waals surface area contributed by atoms with Crippen molar-refractivity contribution in [3.63, 3.8) is 0 Å². The molecule has 0 N–H and O–H groups in total. The molecule has 0 spiro atoms. The zero-order chi connectivity index (χ0) is 8.10. The summed E-state index contributed by atoms with van der Waals surface area (Å²) in [4.78, 5) is 4.14. The monoisotopic (exact) mass is 145 g/mol. The predicted molar refractivity (Wildman–Crippen MR) is 46.1 cm³/mol. The normalized spacial score (nSPS) is 8.55. The molecule has 1 rings (SSSR count). The van der Waals surface area contributed by atoms with Crippen LogP contribution < -0.4 is 0 Å². The number of pyridine rings is 1. The van der Waals surface area contributed by atoms with Crippen LogP contribution in [0.15, 0.2) is 18.3 Å². The Morgan fingerprint density at radius 3 is 2.82 bits per heavy atom. The van der Waals surface area contributed by atoms with E-state index in [9.17, 15) is 0 Å². The van der Waals surface area contributed by atoms with Gasteiger partial charge in [0.05, 0.1) is 0 Å². The summed E-state index contributed by atoms with van der Waals surface area (Å²) in [6, 6.07) is 3.96. The fourth-order valence-corrected chi connectivity index (χ4v) is 0.721. The van der Waals surface area contributed by atoms with E-state index in [1.165, 1.54) is 5.56 Å². The largest absolute Gasteiger partial charge is 0.248 e.